The molecule has 2 nitrogen and oxygen atoms in total. The van der Waals surface area contributed by atoms with E-state index in [-0.39, 0.29) is 19.5 Å². The van der Waals surface area contributed by atoms with Gasteiger partial charge in [0.25, 0.3) is 0 Å². The van der Waals surface area contributed by atoms with E-state index in [9.17, 15) is 0 Å². The fraction of sp³-hybridized carbons (Fsp3) is 0. The molecule has 0 spiro atoms. The van der Waals surface area contributed by atoms with Crippen LogP contribution in [0.5, 0.6) is 0 Å². The van der Waals surface area contributed by atoms with Crippen molar-refractivity contribution in [3.05, 3.63) is 27.8 Å². The molecule has 9 heteroatoms. The normalized spacial score (nSPS) is 8.80. The zero-order valence-corrected chi connectivity index (χ0v) is 17.9. The minimum Gasteiger partial charge on any atom is -0.338 e. The second-order valence-electron chi connectivity index (χ2n) is 1.72. The number of thiazole rings is 2. The number of hydrogen-bond acceptors (Lipinski definition) is 4. The van der Waals surface area contributed by atoms with Crippen molar-refractivity contribution in [1.82, 2.24) is 9.97 Å². The van der Waals surface area contributed by atoms with E-state index in [1.54, 1.807) is 0 Å². The van der Waals surface area contributed by atoms with Gasteiger partial charge < -0.3 is 32.6 Å². The maximum Gasteiger partial charge on any atom is 2.00 e. The Labute approximate surface area is 142 Å². The quantitative estimate of drug-likeness (QED) is 0.344. The van der Waals surface area contributed by atoms with Crippen LogP contribution in [0.1, 0.15) is 0 Å². The Balaban J connectivity index is 0.000000245. The van der Waals surface area contributed by atoms with Crippen LogP contribution in [0.2, 0.25) is 0 Å². The third-order valence-corrected chi connectivity index (χ3v) is 4.52. The largest absolute Gasteiger partial charge is 2.00 e. The van der Waals surface area contributed by atoms with Crippen LogP contribution >= 0.6 is 86.4 Å². The van der Waals surface area contributed by atoms with E-state index in [1.165, 1.54) is 22.7 Å². The Hall–Kier alpha value is 1.80. The number of halogens is 4. The summed E-state index contributed by atoms with van der Waals surface area (Å²) in [6.45, 7) is 0. The Bertz CT molecular complexity index is 334. The summed E-state index contributed by atoms with van der Waals surface area (Å²) in [4.78, 5) is 7.81. The molecular weight excluding hydrogens is 549 g/mol. The molecule has 15 heavy (non-hydrogen) atoms. The summed E-state index contributed by atoms with van der Waals surface area (Å²) in [7, 11) is 0. The van der Waals surface area contributed by atoms with Gasteiger partial charge in [-0.3, -0.25) is 0 Å². The van der Waals surface area contributed by atoms with E-state index in [1.807, 2.05) is 0 Å². The molecule has 0 aliphatic heterocycles. The molecule has 2 heterocycles. The van der Waals surface area contributed by atoms with E-state index in [0.29, 0.717) is 0 Å². The molecular formula is C6Br4N2S2Zn. The van der Waals surface area contributed by atoms with Crippen molar-refractivity contribution in [2.45, 2.75) is 0 Å². The number of hydrogen-bond donors (Lipinski definition) is 0. The molecule has 0 N–H and O–H groups in total. The van der Waals surface area contributed by atoms with Gasteiger partial charge in [0.2, 0.25) is 0 Å². The van der Waals surface area contributed by atoms with Crippen molar-refractivity contribution in [3.63, 3.8) is 0 Å². The van der Waals surface area contributed by atoms with Gasteiger partial charge in [0.15, 0.2) is 0 Å². The van der Waals surface area contributed by atoms with Crippen LogP contribution in [0.3, 0.4) is 0 Å². The van der Waals surface area contributed by atoms with Crippen molar-refractivity contribution in [3.8, 4) is 0 Å². The molecule has 0 amide bonds. The van der Waals surface area contributed by atoms with Gasteiger partial charge in [-0.05, 0) is 0 Å². The standard InChI is InChI=1S/2C3Br2NS.Zn/c2*4-2-1-7-3(5)6-2;/q2*-1;+2. The average Bonchev–Trinajstić information content (AvgIpc) is 2.63. The zero-order chi connectivity index (χ0) is 10.6. The third kappa shape index (κ3) is 7.68. The molecule has 2 rings (SSSR count). The van der Waals surface area contributed by atoms with Crippen LogP contribution < -0.4 is 0 Å². The van der Waals surface area contributed by atoms with Crippen molar-refractivity contribution in [2.24, 2.45) is 0 Å². The molecule has 0 fully saturated rings. The molecule has 76 valence electrons. The van der Waals surface area contributed by atoms with Crippen molar-refractivity contribution in [1.29, 1.82) is 0 Å². The van der Waals surface area contributed by atoms with Gasteiger partial charge in [-0.2, -0.15) is 10.8 Å². The molecule has 0 saturated carbocycles. The fourth-order valence-corrected chi connectivity index (χ4v) is 3.51. The molecule has 0 aliphatic rings. The molecule has 0 unspecified atom stereocenters. The second-order valence-corrected chi connectivity index (χ2v) is 7.36. The van der Waals surface area contributed by atoms with Crippen LogP contribution in [-0.4, -0.2) is 9.97 Å². The van der Waals surface area contributed by atoms with Crippen LogP contribution in [0.15, 0.2) is 17.0 Å². The van der Waals surface area contributed by atoms with Gasteiger partial charge in [-0.25, -0.2) is 0 Å². The first-order valence-corrected chi connectivity index (χ1v) is 7.77. The molecule has 2 aromatic rings. The molecule has 0 radical (unpaired) electrons. The van der Waals surface area contributed by atoms with E-state index < -0.39 is 0 Å². The predicted molar refractivity (Wildman–Crippen MR) is 72.7 cm³/mol. The van der Waals surface area contributed by atoms with E-state index >= 15 is 0 Å². The summed E-state index contributed by atoms with van der Waals surface area (Å²) in [5.74, 6) is 0. The third-order valence-electron chi connectivity index (χ3n) is 0.811. The van der Waals surface area contributed by atoms with E-state index in [4.69, 9.17) is 0 Å². The minimum absolute atomic E-state index is 0. The van der Waals surface area contributed by atoms with Crippen LogP contribution in [0.25, 0.3) is 0 Å². The monoisotopic (exact) mass is 544 g/mol. The SMILES string of the molecule is Brc1[c-]sc(Br)n1.Brc1[c-]sc(Br)n1.[Zn+2]. The first kappa shape index (κ1) is 16.8. The van der Waals surface area contributed by atoms with Gasteiger partial charge >= 0.3 is 19.5 Å². The Morgan fingerprint density at radius 2 is 1.13 bits per heavy atom. The van der Waals surface area contributed by atoms with Crippen molar-refractivity contribution < 1.29 is 19.5 Å². The minimum atomic E-state index is 0. The summed E-state index contributed by atoms with van der Waals surface area (Å²) in [5, 5.41) is 5.74. The van der Waals surface area contributed by atoms with Gasteiger partial charge in [0.05, 0.1) is 0 Å². The molecule has 0 aromatic carbocycles. The predicted octanol–water partition coefficient (Wildman–Crippen LogP) is 4.93. The number of aromatic nitrogens is 2. The summed E-state index contributed by atoms with van der Waals surface area (Å²) >= 11 is 15.5. The van der Waals surface area contributed by atoms with Crippen molar-refractivity contribution >= 4 is 86.4 Å². The smallest absolute Gasteiger partial charge is 0.338 e. The Morgan fingerprint density at radius 3 is 1.20 bits per heavy atom. The summed E-state index contributed by atoms with van der Waals surface area (Å²) in [6, 6.07) is 0. The van der Waals surface area contributed by atoms with Crippen molar-refractivity contribution in [2.75, 3.05) is 0 Å². The van der Waals surface area contributed by atoms with E-state index in [0.717, 1.165) is 17.0 Å². The first-order valence-electron chi connectivity index (χ1n) is 2.97. The Kier molecular flexibility index (Phi) is 9.89. The maximum atomic E-state index is 3.91. The number of rotatable bonds is 0. The molecule has 0 atom stereocenters. The maximum absolute atomic E-state index is 3.91. The van der Waals surface area contributed by atoms with Crippen LogP contribution in [-0.2, 0) is 19.5 Å². The van der Waals surface area contributed by atoms with Gasteiger partial charge in [-0.15, -0.1) is 31.9 Å². The van der Waals surface area contributed by atoms with Gasteiger partial charge in [0.1, 0.15) is 0 Å². The van der Waals surface area contributed by atoms with E-state index in [2.05, 4.69) is 84.4 Å². The zero-order valence-electron chi connectivity index (χ0n) is 6.93. The average molecular weight is 549 g/mol. The summed E-state index contributed by atoms with van der Waals surface area (Å²) < 4.78 is 3.26. The molecule has 0 saturated heterocycles. The molecule has 0 bridgehead atoms. The van der Waals surface area contributed by atoms with Gasteiger partial charge in [-0.1, -0.05) is 31.9 Å². The molecule has 0 aliphatic carbocycles. The summed E-state index contributed by atoms with van der Waals surface area (Å²) in [6.07, 6.45) is 0. The molecule has 2 aromatic heterocycles. The topological polar surface area (TPSA) is 25.8 Å². The summed E-state index contributed by atoms with van der Waals surface area (Å²) in [5.41, 5.74) is 0. The Morgan fingerprint density at radius 1 is 0.800 bits per heavy atom. The fourth-order valence-electron chi connectivity index (χ4n) is 0.414. The van der Waals surface area contributed by atoms with Crippen LogP contribution in [0, 0.1) is 10.8 Å². The van der Waals surface area contributed by atoms with Gasteiger partial charge in [0, 0.05) is 17.0 Å². The second kappa shape index (κ2) is 8.83. The number of nitrogens with zero attached hydrogens (tertiary/aromatic N) is 2. The first-order chi connectivity index (χ1) is 6.58. The van der Waals surface area contributed by atoms with Crippen LogP contribution in [0.4, 0.5) is 0 Å².